The molecule has 2 aromatic carbocycles. The molecule has 3 rings (SSSR count). The van der Waals surface area contributed by atoms with E-state index >= 15 is 0 Å². The summed E-state index contributed by atoms with van der Waals surface area (Å²) in [5.41, 5.74) is 14.8. The predicted molar refractivity (Wildman–Crippen MR) is 88.4 cm³/mol. The Morgan fingerprint density at radius 3 is 2.58 bits per heavy atom. The smallest absolute Gasteiger partial charge is 0.125 e. The number of nitrogen functional groups attached to an aromatic ring is 2. The van der Waals surface area contributed by atoms with Crippen LogP contribution in [0, 0.1) is 0 Å². The van der Waals surface area contributed by atoms with Gasteiger partial charge in [0.1, 0.15) is 5.01 Å². The zero-order valence-electron chi connectivity index (χ0n) is 9.79. The van der Waals surface area contributed by atoms with Crippen molar-refractivity contribution in [1.29, 1.82) is 0 Å². The van der Waals surface area contributed by atoms with E-state index < -0.39 is 0 Å². The van der Waals surface area contributed by atoms with Crippen LogP contribution in [0.2, 0.25) is 0 Å². The maximum absolute atomic E-state index is 5.80. The SMILES string of the molecule is Nc1ccc2nc(-c3ccc(N)c(S)c3S)sc2c1. The van der Waals surface area contributed by atoms with Gasteiger partial charge in [-0.1, -0.05) is 0 Å². The molecule has 0 aliphatic carbocycles. The molecule has 0 bridgehead atoms. The number of fused-ring (bicyclic) bond motifs is 1. The van der Waals surface area contributed by atoms with Gasteiger partial charge in [0.25, 0.3) is 0 Å². The molecule has 0 atom stereocenters. The number of thiazole rings is 1. The Kier molecular flexibility index (Phi) is 3.08. The summed E-state index contributed by atoms with van der Waals surface area (Å²) >= 11 is 10.4. The van der Waals surface area contributed by atoms with Gasteiger partial charge in [-0.15, -0.1) is 36.6 Å². The molecule has 0 saturated heterocycles. The lowest BCUT2D eigenvalue weighted by molar-refractivity contribution is 1.27. The van der Waals surface area contributed by atoms with Crippen LogP contribution < -0.4 is 11.5 Å². The lowest BCUT2D eigenvalue weighted by atomic mass is 10.2. The minimum Gasteiger partial charge on any atom is -0.399 e. The first-order chi connectivity index (χ1) is 9.06. The van der Waals surface area contributed by atoms with Crippen molar-refractivity contribution in [1.82, 2.24) is 4.98 Å². The minimum atomic E-state index is 0.613. The molecule has 96 valence electrons. The average molecular weight is 305 g/mol. The molecule has 1 heterocycles. The molecule has 6 heteroatoms. The number of hydrogen-bond donors (Lipinski definition) is 4. The normalized spacial score (nSPS) is 11.1. The number of thiol groups is 2. The minimum absolute atomic E-state index is 0.613. The van der Waals surface area contributed by atoms with Gasteiger partial charge >= 0.3 is 0 Å². The van der Waals surface area contributed by atoms with Crippen molar-refractivity contribution in [2.75, 3.05) is 11.5 Å². The standard InChI is InChI=1S/C13H11N3S3/c14-6-1-4-9-10(5-6)19-13(16-9)7-2-3-8(15)12(18)11(7)17/h1-5,17-18H,14-15H2. The fourth-order valence-corrected chi connectivity index (χ4v) is 3.45. The largest absolute Gasteiger partial charge is 0.399 e. The molecule has 0 unspecified atom stereocenters. The van der Waals surface area contributed by atoms with Crippen LogP contribution in [0.25, 0.3) is 20.8 Å². The first-order valence-corrected chi connectivity index (χ1v) is 7.24. The molecular weight excluding hydrogens is 294 g/mol. The van der Waals surface area contributed by atoms with Crippen molar-refractivity contribution in [3.63, 3.8) is 0 Å². The second-order valence-electron chi connectivity index (χ2n) is 4.15. The van der Waals surface area contributed by atoms with Crippen LogP contribution in [0.3, 0.4) is 0 Å². The van der Waals surface area contributed by atoms with Crippen molar-refractivity contribution < 1.29 is 0 Å². The number of rotatable bonds is 1. The summed E-state index contributed by atoms with van der Waals surface area (Å²) in [5.74, 6) is 0. The van der Waals surface area contributed by atoms with E-state index in [1.54, 1.807) is 11.3 Å². The fraction of sp³-hybridized carbons (Fsp3) is 0. The highest BCUT2D eigenvalue weighted by molar-refractivity contribution is 7.83. The van der Waals surface area contributed by atoms with Gasteiger partial charge in [-0.25, -0.2) is 4.98 Å². The molecule has 0 saturated carbocycles. The molecule has 0 amide bonds. The summed E-state index contributed by atoms with van der Waals surface area (Å²) in [6, 6.07) is 9.42. The maximum atomic E-state index is 5.80. The molecule has 0 radical (unpaired) electrons. The summed E-state index contributed by atoms with van der Waals surface area (Å²) < 4.78 is 1.06. The molecule has 3 nitrogen and oxygen atoms in total. The van der Waals surface area contributed by atoms with Gasteiger partial charge in [-0.3, -0.25) is 0 Å². The zero-order valence-corrected chi connectivity index (χ0v) is 12.4. The van der Waals surface area contributed by atoms with Gasteiger partial charge in [0, 0.05) is 26.7 Å². The average Bonchev–Trinajstić information content (AvgIpc) is 2.78. The van der Waals surface area contributed by atoms with Gasteiger partial charge in [0.2, 0.25) is 0 Å². The molecule has 4 N–H and O–H groups in total. The van der Waals surface area contributed by atoms with Gasteiger partial charge in [-0.2, -0.15) is 0 Å². The monoisotopic (exact) mass is 305 g/mol. The first-order valence-electron chi connectivity index (χ1n) is 5.53. The summed E-state index contributed by atoms with van der Waals surface area (Å²) in [6.07, 6.45) is 0. The van der Waals surface area contributed by atoms with E-state index in [1.165, 1.54) is 0 Å². The van der Waals surface area contributed by atoms with Gasteiger partial charge in [-0.05, 0) is 30.3 Å². The second-order valence-corrected chi connectivity index (χ2v) is 6.07. The summed E-state index contributed by atoms with van der Waals surface area (Å²) in [7, 11) is 0. The van der Waals surface area contributed by atoms with E-state index in [9.17, 15) is 0 Å². The highest BCUT2D eigenvalue weighted by Crippen LogP contribution is 2.38. The highest BCUT2D eigenvalue weighted by atomic mass is 32.1. The second kappa shape index (κ2) is 4.63. The van der Waals surface area contributed by atoms with Crippen LogP contribution in [0.1, 0.15) is 0 Å². The Hall–Kier alpha value is -1.37. The molecule has 1 aromatic heterocycles. The number of nitrogens with two attached hydrogens (primary N) is 2. The highest BCUT2D eigenvalue weighted by Gasteiger charge is 2.12. The van der Waals surface area contributed by atoms with Crippen molar-refractivity contribution in [3.8, 4) is 10.6 Å². The summed E-state index contributed by atoms with van der Waals surface area (Å²) in [5, 5.41) is 0.890. The van der Waals surface area contributed by atoms with Crippen molar-refractivity contribution in [2.24, 2.45) is 0 Å². The Morgan fingerprint density at radius 1 is 1.00 bits per heavy atom. The molecule has 0 spiro atoms. The molecule has 0 aliphatic rings. The molecule has 19 heavy (non-hydrogen) atoms. The topological polar surface area (TPSA) is 64.9 Å². The van der Waals surface area contributed by atoms with E-state index in [1.807, 2.05) is 30.3 Å². The van der Waals surface area contributed by atoms with Crippen LogP contribution in [0.4, 0.5) is 11.4 Å². The van der Waals surface area contributed by atoms with Crippen LogP contribution in [-0.4, -0.2) is 4.98 Å². The fourth-order valence-electron chi connectivity index (χ4n) is 1.82. The van der Waals surface area contributed by atoms with Gasteiger partial charge in [0.15, 0.2) is 0 Å². The van der Waals surface area contributed by atoms with E-state index in [2.05, 4.69) is 30.2 Å². The third kappa shape index (κ3) is 2.16. The van der Waals surface area contributed by atoms with Crippen LogP contribution in [-0.2, 0) is 0 Å². The van der Waals surface area contributed by atoms with Crippen LogP contribution in [0.15, 0.2) is 40.1 Å². The number of nitrogens with zero attached hydrogens (tertiary/aromatic N) is 1. The van der Waals surface area contributed by atoms with E-state index in [0.29, 0.717) is 10.6 Å². The van der Waals surface area contributed by atoms with Crippen LogP contribution >= 0.6 is 36.6 Å². The molecular formula is C13H11N3S3. The number of benzene rings is 2. The van der Waals surface area contributed by atoms with Gasteiger partial charge < -0.3 is 11.5 Å². The third-order valence-corrected chi connectivity index (χ3v) is 5.00. The van der Waals surface area contributed by atoms with Crippen molar-refractivity contribution in [2.45, 2.75) is 9.79 Å². The van der Waals surface area contributed by atoms with E-state index in [0.717, 1.165) is 31.4 Å². The Morgan fingerprint density at radius 2 is 1.79 bits per heavy atom. The Bertz CT molecular complexity index is 780. The summed E-state index contributed by atoms with van der Waals surface area (Å²) in [6.45, 7) is 0. The lowest BCUT2D eigenvalue weighted by Gasteiger charge is -2.06. The quantitative estimate of drug-likeness (QED) is 0.409. The third-order valence-electron chi connectivity index (χ3n) is 2.83. The van der Waals surface area contributed by atoms with Crippen molar-refractivity contribution >= 4 is 58.2 Å². The number of aromatic nitrogens is 1. The first kappa shape index (κ1) is 12.7. The maximum Gasteiger partial charge on any atom is 0.125 e. The van der Waals surface area contributed by atoms with Crippen molar-refractivity contribution in [3.05, 3.63) is 30.3 Å². The summed E-state index contributed by atoms with van der Waals surface area (Å²) in [4.78, 5) is 6.02. The Balaban J connectivity index is 2.22. The lowest BCUT2D eigenvalue weighted by Crippen LogP contribution is -1.89. The van der Waals surface area contributed by atoms with Crippen LogP contribution in [0.5, 0.6) is 0 Å². The molecule has 3 aromatic rings. The van der Waals surface area contributed by atoms with E-state index in [-0.39, 0.29) is 0 Å². The Labute approximate surface area is 125 Å². The van der Waals surface area contributed by atoms with Gasteiger partial charge in [0.05, 0.1) is 10.2 Å². The predicted octanol–water partition coefficient (Wildman–Crippen LogP) is 3.71. The zero-order chi connectivity index (χ0) is 13.6. The molecule has 0 fully saturated rings. The number of anilines is 2. The number of hydrogen-bond acceptors (Lipinski definition) is 6. The van der Waals surface area contributed by atoms with E-state index in [4.69, 9.17) is 11.5 Å². The molecule has 0 aliphatic heterocycles.